The number of rotatable bonds is 7. The molecule has 0 bridgehead atoms. The van der Waals surface area contributed by atoms with Crippen LogP contribution >= 0.6 is 0 Å². The number of nitrogens with zero attached hydrogens (tertiary/aromatic N) is 2. The Morgan fingerprint density at radius 2 is 1.39 bits per heavy atom. The summed E-state index contributed by atoms with van der Waals surface area (Å²) in [5.74, 6) is -0.814. The predicted molar refractivity (Wildman–Crippen MR) is 151 cm³/mol. The van der Waals surface area contributed by atoms with Crippen molar-refractivity contribution in [1.82, 2.24) is 4.31 Å². The molecule has 0 spiro atoms. The van der Waals surface area contributed by atoms with E-state index >= 15 is 0 Å². The van der Waals surface area contributed by atoms with Gasteiger partial charge in [-0.15, -0.1) is 0 Å². The first kappa shape index (κ1) is 28.2. The minimum absolute atomic E-state index is 0.00412. The third kappa shape index (κ3) is 4.90. The number of hydrogen-bond acceptors (Lipinski definition) is 7. The van der Waals surface area contributed by atoms with Crippen molar-refractivity contribution >= 4 is 21.7 Å². The van der Waals surface area contributed by atoms with Crippen molar-refractivity contribution in [3.05, 3.63) is 141 Å². The summed E-state index contributed by atoms with van der Waals surface area (Å²) in [4.78, 5) is 24.8. The molecule has 41 heavy (non-hydrogen) atoms. The average molecular weight is 573 g/mol. The summed E-state index contributed by atoms with van der Waals surface area (Å²) in [5.41, 5.74) is 0.869. The lowest BCUT2D eigenvalue weighted by molar-refractivity contribution is -0.384. The molecule has 9 nitrogen and oxygen atoms in total. The van der Waals surface area contributed by atoms with Crippen LogP contribution in [-0.4, -0.2) is 30.7 Å². The number of non-ortho nitro benzene ring substituents is 1. The van der Waals surface area contributed by atoms with E-state index in [0.29, 0.717) is 16.7 Å². The van der Waals surface area contributed by atoms with E-state index in [9.17, 15) is 23.3 Å². The zero-order valence-corrected chi connectivity index (χ0v) is 23.4. The number of ether oxygens (including phenoxy) is 2. The maximum absolute atomic E-state index is 14.6. The van der Waals surface area contributed by atoms with Crippen molar-refractivity contribution < 1.29 is 27.6 Å². The van der Waals surface area contributed by atoms with Gasteiger partial charge in [-0.3, -0.25) is 10.1 Å². The molecule has 1 aliphatic rings. The monoisotopic (exact) mass is 572 g/mol. The minimum atomic E-state index is -4.34. The molecule has 4 aromatic rings. The molecular formula is C31H28N2O7S. The predicted octanol–water partition coefficient (Wildman–Crippen LogP) is 5.74. The summed E-state index contributed by atoms with van der Waals surface area (Å²) in [7, 11) is -3.13. The Kier molecular flexibility index (Phi) is 7.48. The van der Waals surface area contributed by atoms with E-state index in [0.717, 1.165) is 11.1 Å². The van der Waals surface area contributed by atoms with Crippen LogP contribution in [0.3, 0.4) is 0 Å². The Morgan fingerprint density at radius 1 is 0.854 bits per heavy atom. The lowest BCUT2D eigenvalue weighted by atomic mass is 9.83. The van der Waals surface area contributed by atoms with Gasteiger partial charge in [0.2, 0.25) is 15.6 Å². The highest BCUT2D eigenvalue weighted by Crippen LogP contribution is 2.57. The first-order chi connectivity index (χ1) is 19.6. The van der Waals surface area contributed by atoms with Gasteiger partial charge in [0.05, 0.1) is 23.0 Å². The number of benzene rings is 4. The van der Waals surface area contributed by atoms with Crippen molar-refractivity contribution in [2.24, 2.45) is 0 Å². The van der Waals surface area contributed by atoms with Crippen LogP contribution in [0.1, 0.15) is 40.1 Å². The number of sulfonamides is 1. The average Bonchev–Trinajstić information content (AvgIpc) is 3.36. The van der Waals surface area contributed by atoms with Gasteiger partial charge in [-0.05, 0) is 42.7 Å². The highest BCUT2D eigenvalue weighted by Gasteiger charge is 2.64. The van der Waals surface area contributed by atoms with Crippen LogP contribution in [0, 0.1) is 24.0 Å². The second-order valence-electron chi connectivity index (χ2n) is 9.87. The summed E-state index contributed by atoms with van der Waals surface area (Å²) in [6.45, 7) is 3.75. The number of aryl methyl sites for hydroxylation is 2. The molecule has 0 unspecified atom stereocenters. The number of esters is 1. The molecule has 4 aromatic carbocycles. The molecule has 3 atom stereocenters. The van der Waals surface area contributed by atoms with Gasteiger partial charge in [0.25, 0.3) is 5.69 Å². The van der Waals surface area contributed by atoms with Gasteiger partial charge in [-0.2, -0.15) is 4.31 Å². The first-order valence-corrected chi connectivity index (χ1v) is 14.3. The number of methoxy groups -OCH3 is 1. The van der Waals surface area contributed by atoms with Crippen molar-refractivity contribution in [3.63, 3.8) is 0 Å². The van der Waals surface area contributed by atoms with Crippen LogP contribution in [0.5, 0.6) is 0 Å². The number of nitro groups is 1. The molecule has 1 saturated heterocycles. The van der Waals surface area contributed by atoms with E-state index in [1.807, 2.05) is 26.0 Å². The number of nitro benzene ring substituents is 1. The summed E-state index contributed by atoms with van der Waals surface area (Å²) in [6, 6.07) is 26.2. The van der Waals surface area contributed by atoms with Crippen LogP contribution in [0.4, 0.5) is 5.69 Å². The van der Waals surface area contributed by atoms with E-state index in [4.69, 9.17) is 9.47 Å². The van der Waals surface area contributed by atoms with Crippen molar-refractivity contribution in [1.29, 1.82) is 0 Å². The topological polar surface area (TPSA) is 116 Å². The Morgan fingerprint density at radius 3 is 1.93 bits per heavy atom. The minimum Gasteiger partial charge on any atom is -0.467 e. The molecule has 1 heterocycles. The smallest absolute Gasteiger partial charge is 0.345 e. The number of carbonyl (C=O) groups excluding carboxylic acids is 1. The highest BCUT2D eigenvalue weighted by molar-refractivity contribution is 7.89. The molecule has 10 heteroatoms. The number of hydrogen-bond donors (Lipinski definition) is 0. The summed E-state index contributed by atoms with van der Waals surface area (Å²) < 4.78 is 42.3. The molecule has 0 radical (unpaired) electrons. The van der Waals surface area contributed by atoms with E-state index < -0.39 is 38.8 Å². The summed E-state index contributed by atoms with van der Waals surface area (Å²) in [5, 5.41) is 11.4. The Bertz CT molecular complexity index is 1670. The molecule has 0 N–H and O–H groups in total. The summed E-state index contributed by atoms with van der Waals surface area (Å²) in [6.07, 6.45) is -1.25. The molecule has 0 aromatic heterocycles. The molecule has 210 valence electrons. The van der Waals surface area contributed by atoms with Gasteiger partial charge >= 0.3 is 5.97 Å². The van der Waals surface area contributed by atoms with Crippen LogP contribution in [0.2, 0.25) is 0 Å². The lowest BCUT2D eigenvalue weighted by Gasteiger charge is -2.34. The largest absolute Gasteiger partial charge is 0.467 e. The van der Waals surface area contributed by atoms with Gasteiger partial charge in [0.15, 0.2) is 6.23 Å². The molecule has 1 aliphatic heterocycles. The van der Waals surface area contributed by atoms with Gasteiger partial charge in [-0.1, -0.05) is 90.0 Å². The third-order valence-electron chi connectivity index (χ3n) is 7.24. The maximum Gasteiger partial charge on any atom is 0.345 e. The van der Waals surface area contributed by atoms with Crippen molar-refractivity contribution in [2.45, 2.75) is 36.6 Å². The Hall–Kier alpha value is -4.38. The Balaban J connectivity index is 1.85. The Labute approximate surface area is 238 Å². The van der Waals surface area contributed by atoms with Crippen LogP contribution in [0.15, 0.2) is 108 Å². The van der Waals surface area contributed by atoms with E-state index in [1.165, 1.54) is 47.8 Å². The zero-order chi connectivity index (χ0) is 29.4. The fourth-order valence-electron chi connectivity index (χ4n) is 5.15. The molecular weight excluding hydrogens is 544 g/mol. The van der Waals surface area contributed by atoms with Gasteiger partial charge in [0, 0.05) is 12.1 Å². The summed E-state index contributed by atoms with van der Waals surface area (Å²) >= 11 is 0. The van der Waals surface area contributed by atoms with E-state index in [-0.39, 0.29) is 10.6 Å². The van der Waals surface area contributed by atoms with Crippen LogP contribution in [-0.2, 0) is 29.9 Å². The standard InChI is InChI=1S/C31H28N2O7S/c1-21-9-13-24(14-10-21)29-32(41(37,38)27-19-11-22(2)12-20-27)28(23-15-17-26(18-16-23)33(35)36)31(40-29,30(34)39-3)25-7-5-4-6-8-25/h4-20,28-29H,1-3H3/t28-,29-,31+/m1/s1. The molecule has 0 saturated carbocycles. The van der Waals surface area contributed by atoms with Gasteiger partial charge < -0.3 is 9.47 Å². The normalized spacial score (nSPS) is 21.0. The van der Waals surface area contributed by atoms with Gasteiger partial charge in [0.1, 0.15) is 0 Å². The van der Waals surface area contributed by atoms with Crippen molar-refractivity contribution in [3.8, 4) is 0 Å². The van der Waals surface area contributed by atoms with Crippen LogP contribution < -0.4 is 0 Å². The zero-order valence-electron chi connectivity index (χ0n) is 22.6. The lowest BCUT2D eigenvalue weighted by Crippen LogP contribution is -2.45. The molecule has 0 amide bonds. The fraction of sp³-hybridized carbons (Fsp3) is 0.194. The SMILES string of the molecule is COC(=O)[C@@]1(c2ccccc2)O[C@H](c2ccc(C)cc2)N(S(=O)(=O)c2ccc(C)cc2)[C@@H]1c1ccc([N+](=O)[O-])cc1. The third-order valence-corrected chi connectivity index (χ3v) is 9.06. The second-order valence-corrected chi connectivity index (χ2v) is 11.7. The molecule has 5 rings (SSSR count). The second kappa shape index (κ2) is 10.9. The number of carbonyl (C=O) groups is 1. The molecule has 0 aliphatic carbocycles. The van der Waals surface area contributed by atoms with Crippen LogP contribution in [0.25, 0.3) is 0 Å². The van der Waals surface area contributed by atoms with E-state index in [2.05, 4.69) is 0 Å². The quantitative estimate of drug-likeness (QED) is 0.157. The maximum atomic E-state index is 14.6. The van der Waals surface area contributed by atoms with E-state index in [1.54, 1.807) is 54.6 Å². The highest BCUT2D eigenvalue weighted by atomic mass is 32.2. The first-order valence-electron chi connectivity index (χ1n) is 12.8. The fourth-order valence-corrected chi connectivity index (χ4v) is 6.84. The van der Waals surface area contributed by atoms with Crippen molar-refractivity contribution in [2.75, 3.05) is 7.11 Å². The van der Waals surface area contributed by atoms with Gasteiger partial charge in [-0.25, -0.2) is 13.2 Å². The molecule has 1 fully saturated rings.